The molecule has 1 saturated carbocycles. The van der Waals surface area contributed by atoms with E-state index in [0.29, 0.717) is 16.5 Å². The van der Waals surface area contributed by atoms with Crippen molar-refractivity contribution in [3.8, 4) is 0 Å². The number of benzene rings is 1. The molecule has 0 amide bonds. The number of nitrogens with two attached hydrogens (primary N) is 1. The van der Waals surface area contributed by atoms with Gasteiger partial charge in [-0.15, -0.1) is 0 Å². The third kappa shape index (κ3) is 3.01. The summed E-state index contributed by atoms with van der Waals surface area (Å²) in [7, 11) is 0. The van der Waals surface area contributed by atoms with Gasteiger partial charge in [-0.05, 0) is 30.5 Å². The first-order chi connectivity index (χ1) is 8.08. The molecule has 1 fully saturated rings. The number of carbonyl (C=O) groups excluding carboxylic acids is 1. The van der Waals surface area contributed by atoms with Crippen LogP contribution in [0.5, 0.6) is 0 Å². The van der Waals surface area contributed by atoms with Crippen LogP contribution in [0.15, 0.2) is 18.2 Å². The number of rotatable bonds is 3. The summed E-state index contributed by atoms with van der Waals surface area (Å²) in [5.41, 5.74) is 6.75. The standard InChI is InChI=1S/C13H15Cl2NO/c14-9-5-4-8(11(15)7-9)6-13(17)10-2-1-3-12(10)16/h4-5,7,10,12H,1-3,6,16H2. The van der Waals surface area contributed by atoms with Gasteiger partial charge in [0.2, 0.25) is 0 Å². The monoisotopic (exact) mass is 271 g/mol. The van der Waals surface area contributed by atoms with Crippen LogP contribution in [0, 0.1) is 5.92 Å². The van der Waals surface area contributed by atoms with Gasteiger partial charge in [0.15, 0.2) is 0 Å². The Bertz CT molecular complexity index is 433. The Morgan fingerprint density at radius 1 is 1.35 bits per heavy atom. The zero-order chi connectivity index (χ0) is 12.4. The molecule has 1 aliphatic carbocycles. The molecule has 1 aliphatic rings. The van der Waals surface area contributed by atoms with E-state index in [1.54, 1.807) is 12.1 Å². The van der Waals surface area contributed by atoms with E-state index in [1.165, 1.54) is 0 Å². The number of ketones is 1. The zero-order valence-corrected chi connectivity index (χ0v) is 11.0. The van der Waals surface area contributed by atoms with Crippen molar-refractivity contribution in [3.63, 3.8) is 0 Å². The Morgan fingerprint density at radius 3 is 2.71 bits per heavy atom. The van der Waals surface area contributed by atoms with Crippen molar-refractivity contribution in [1.82, 2.24) is 0 Å². The van der Waals surface area contributed by atoms with Gasteiger partial charge in [-0.1, -0.05) is 35.7 Å². The SMILES string of the molecule is NC1CCCC1C(=O)Cc1ccc(Cl)cc1Cl. The van der Waals surface area contributed by atoms with Gasteiger partial charge in [0.1, 0.15) is 5.78 Å². The Morgan fingerprint density at radius 2 is 2.12 bits per heavy atom. The van der Waals surface area contributed by atoms with Crippen molar-refractivity contribution < 1.29 is 4.79 Å². The molecule has 92 valence electrons. The Hall–Kier alpha value is -0.570. The number of carbonyl (C=O) groups is 1. The van der Waals surface area contributed by atoms with Crippen molar-refractivity contribution in [1.29, 1.82) is 0 Å². The van der Waals surface area contributed by atoms with E-state index in [9.17, 15) is 4.79 Å². The molecule has 2 nitrogen and oxygen atoms in total. The lowest BCUT2D eigenvalue weighted by Crippen LogP contribution is -2.31. The maximum atomic E-state index is 12.1. The van der Waals surface area contributed by atoms with Gasteiger partial charge >= 0.3 is 0 Å². The molecule has 0 spiro atoms. The molecule has 2 rings (SSSR count). The molecule has 0 heterocycles. The van der Waals surface area contributed by atoms with E-state index in [2.05, 4.69) is 0 Å². The first kappa shape index (κ1) is 12.9. The van der Waals surface area contributed by atoms with E-state index < -0.39 is 0 Å². The van der Waals surface area contributed by atoms with Crippen LogP contribution in [-0.2, 0) is 11.2 Å². The van der Waals surface area contributed by atoms with Gasteiger partial charge in [-0.2, -0.15) is 0 Å². The van der Waals surface area contributed by atoms with Gasteiger partial charge in [0.05, 0.1) is 0 Å². The molecule has 0 radical (unpaired) electrons. The molecule has 2 unspecified atom stereocenters. The van der Waals surface area contributed by atoms with E-state index in [0.717, 1.165) is 24.8 Å². The fraction of sp³-hybridized carbons (Fsp3) is 0.462. The highest BCUT2D eigenvalue weighted by atomic mass is 35.5. The van der Waals surface area contributed by atoms with Crippen LogP contribution in [0.4, 0.5) is 0 Å². The highest BCUT2D eigenvalue weighted by Gasteiger charge is 2.30. The van der Waals surface area contributed by atoms with Crippen molar-refractivity contribution >= 4 is 29.0 Å². The topological polar surface area (TPSA) is 43.1 Å². The fourth-order valence-electron chi connectivity index (χ4n) is 2.37. The Labute approximate surface area is 111 Å². The minimum Gasteiger partial charge on any atom is -0.327 e. The summed E-state index contributed by atoms with van der Waals surface area (Å²) in [5, 5.41) is 1.14. The second-order valence-corrected chi connectivity index (χ2v) is 5.42. The van der Waals surface area contributed by atoms with Crippen LogP contribution in [0.25, 0.3) is 0 Å². The smallest absolute Gasteiger partial charge is 0.141 e. The summed E-state index contributed by atoms with van der Waals surface area (Å²) in [4.78, 5) is 12.1. The number of hydrogen-bond acceptors (Lipinski definition) is 2. The summed E-state index contributed by atoms with van der Waals surface area (Å²) in [6.45, 7) is 0. The molecule has 0 aliphatic heterocycles. The molecular weight excluding hydrogens is 257 g/mol. The van der Waals surface area contributed by atoms with Crippen LogP contribution >= 0.6 is 23.2 Å². The van der Waals surface area contributed by atoms with Crippen molar-refractivity contribution in [3.05, 3.63) is 33.8 Å². The van der Waals surface area contributed by atoms with Crippen LogP contribution in [0.2, 0.25) is 10.0 Å². The molecule has 0 saturated heterocycles. The van der Waals surface area contributed by atoms with E-state index in [1.807, 2.05) is 6.07 Å². The number of Topliss-reactive ketones (excluding diaryl/α,β-unsaturated/α-hetero) is 1. The highest BCUT2D eigenvalue weighted by molar-refractivity contribution is 6.35. The Balaban J connectivity index is 2.07. The van der Waals surface area contributed by atoms with Crippen LogP contribution in [0.3, 0.4) is 0 Å². The van der Waals surface area contributed by atoms with Gasteiger partial charge in [-0.25, -0.2) is 0 Å². The lowest BCUT2D eigenvalue weighted by atomic mass is 9.94. The fourth-order valence-corrected chi connectivity index (χ4v) is 2.85. The van der Waals surface area contributed by atoms with Gasteiger partial charge in [0.25, 0.3) is 0 Å². The van der Waals surface area contributed by atoms with Crippen molar-refractivity contribution in [2.75, 3.05) is 0 Å². The minimum absolute atomic E-state index is 0.00162. The lowest BCUT2D eigenvalue weighted by molar-refractivity contribution is -0.122. The molecule has 17 heavy (non-hydrogen) atoms. The van der Waals surface area contributed by atoms with Crippen molar-refractivity contribution in [2.45, 2.75) is 31.7 Å². The van der Waals surface area contributed by atoms with E-state index >= 15 is 0 Å². The van der Waals surface area contributed by atoms with E-state index in [-0.39, 0.29) is 17.7 Å². The number of halogens is 2. The average molecular weight is 272 g/mol. The lowest BCUT2D eigenvalue weighted by Gasteiger charge is -2.14. The second-order valence-electron chi connectivity index (χ2n) is 4.58. The molecule has 2 N–H and O–H groups in total. The summed E-state index contributed by atoms with van der Waals surface area (Å²) in [5.74, 6) is 0.195. The second kappa shape index (κ2) is 5.38. The first-order valence-electron chi connectivity index (χ1n) is 5.80. The zero-order valence-electron chi connectivity index (χ0n) is 9.46. The van der Waals surface area contributed by atoms with Crippen LogP contribution < -0.4 is 5.73 Å². The predicted molar refractivity (Wildman–Crippen MR) is 70.5 cm³/mol. The summed E-state index contributed by atoms with van der Waals surface area (Å²) < 4.78 is 0. The highest BCUT2D eigenvalue weighted by Crippen LogP contribution is 2.28. The average Bonchev–Trinajstić information content (AvgIpc) is 2.68. The number of hydrogen-bond donors (Lipinski definition) is 1. The van der Waals surface area contributed by atoms with Gasteiger partial charge in [-0.3, -0.25) is 4.79 Å². The van der Waals surface area contributed by atoms with E-state index in [4.69, 9.17) is 28.9 Å². The van der Waals surface area contributed by atoms with Gasteiger partial charge in [0, 0.05) is 28.4 Å². The summed E-state index contributed by atoms with van der Waals surface area (Å²) >= 11 is 11.9. The molecule has 2 atom stereocenters. The van der Waals surface area contributed by atoms with Gasteiger partial charge < -0.3 is 5.73 Å². The molecule has 0 bridgehead atoms. The molecule has 1 aromatic carbocycles. The van der Waals surface area contributed by atoms with Crippen LogP contribution in [0.1, 0.15) is 24.8 Å². The predicted octanol–water partition coefficient (Wildman–Crippen LogP) is 3.23. The quantitative estimate of drug-likeness (QED) is 0.917. The molecular formula is C13H15Cl2NO. The third-order valence-electron chi connectivity index (χ3n) is 3.36. The third-order valence-corrected chi connectivity index (χ3v) is 3.95. The first-order valence-corrected chi connectivity index (χ1v) is 6.55. The van der Waals surface area contributed by atoms with Crippen molar-refractivity contribution in [2.24, 2.45) is 11.7 Å². The summed E-state index contributed by atoms with van der Waals surface area (Å²) in [6.07, 6.45) is 3.26. The largest absolute Gasteiger partial charge is 0.327 e. The van der Waals surface area contributed by atoms with Crippen LogP contribution in [-0.4, -0.2) is 11.8 Å². The minimum atomic E-state index is 0.00162. The molecule has 0 aromatic heterocycles. The molecule has 1 aromatic rings. The molecule has 4 heteroatoms. The maximum Gasteiger partial charge on any atom is 0.141 e. The maximum absolute atomic E-state index is 12.1. The normalized spacial score (nSPS) is 23.9. The Kier molecular flexibility index (Phi) is 4.08. The summed E-state index contributed by atoms with van der Waals surface area (Å²) in [6, 6.07) is 5.25.